The lowest BCUT2D eigenvalue weighted by Gasteiger charge is -2.13. The van der Waals surface area contributed by atoms with Gasteiger partial charge in [0.05, 0.1) is 18.2 Å². The summed E-state index contributed by atoms with van der Waals surface area (Å²) in [6.07, 6.45) is 0.685. The monoisotopic (exact) mass is 332 g/mol. The third kappa shape index (κ3) is 4.16. The van der Waals surface area contributed by atoms with E-state index in [-0.39, 0.29) is 11.8 Å². The van der Waals surface area contributed by atoms with Crippen molar-refractivity contribution in [2.75, 3.05) is 11.9 Å². The van der Waals surface area contributed by atoms with Crippen molar-refractivity contribution < 1.29 is 14.3 Å². The van der Waals surface area contributed by atoms with Crippen LogP contribution in [-0.4, -0.2) is 23.5 Å². The molecule has 6 heteroatoms. The molecule has 122 valence electrons. The third-order valence-electron chi connectivity index (χ3n) is 3.41. The summed E-state index contributed by atoms with van der Waals surface area (Å²) in [6.45, 7) is 5.76. The number of hydrogen-bond acceptors (Lipinski definition) is 5. The number of thiazole rings is 1. The van der Waals surface area contributed by atoms with E-state index in [0.717, 1.165) is 16.9 Å². The highest BCUT2D eigenvalue weighted by Gasteiger charge is 2.22. The summed E-state index contributed by atoms with van der Waals surface area (Å²) in [5, 5.41) is 3.23. The minimum Gasteiger partial charge on any atom is -0.462 e. The number of benzene rings is 1. The summed E-state index contributed by atoms with van der Waals surface area (Å²) in [5.74, 6) is -0.771. The fraction of sp³-hybridized carbons (Fsp3) is 0.353. The number of nitrogens with one attached hydrogen (secondary N) is 1. The minimum absolute atomic E-state index is 0.122. The molecular formula is C17H20N2O3S. The molecule has 1 heterocycles. The van der Waals surface area contributed by atoms with Gasteiger partial charge in [0.2, 0.25) is 5.91 Å². The molecule has 0 radical (unpaired) electrons. The first kappa shape index (κ1) is 17.1. The van der Waals surface area contributed by atoms with Gasteiger partial charge in [0.15, 0.2) is 5.13 Å². The molecule has 1 N–H and O–H groups in total. The van der Waals surface area contributed by atoms with Crippen LogP contribution < -0.4 is 5.32 Å². The topological polar surface area (TPSA) is 68.3 Å². The van der Waals surface area contributed by atoms with Crippen molar-refractivity contribution in [3.63, 3.8) is 0 Å². The van der Waals surface area contributed by atoms with Gasteiger partial charge in [0.25, 0.3) is 0 Å². The van der Waals surface area contributed by atoms with Crippen LogP contribution >= 0.6 is 11.3 Å². The van der Waals surface area contributed by atoms with Crippen LogP contribution in [0.4, 0.5) is 5.13 Å². The van der Waals surface area contributed by atoms with E-state index >= 15 is 0 Å². The fourth-order valence-electron chi connectivity index (χ4n) is 2.29. The van der Waals surface area contributed by atoms with Crippen LogP contribution in [0.1, 0.15) is 47.1 Å². The van der Waals surface area contributed by atoms with Gasteiger partial charge in [-0.3, -0.25) is 4.79 Å². The zero-order valence-electron chi connectivity index (χ0n) is 13.5. The first-order chi connectivity index (χ1) is 11.1. The Balaban J connectivity index is 2.13. The molecule has 0 aliphatic carbocycles. The lowest BCUT2D eigenvalue weighted by molar-refractivity contribution is -0.117. The molecule has 1 unspecified atom stereocenters. The Morgan fingerprint density at radius 1 is 1.26 bits per heavy atom. The highest BCUT2D eigenvalue weighted by atomic mass is 32.1. The normalized spacial score (nSPS) is 11.8. The van der Waals surface area contributed by atoms with E-state index in [0.29, 0.717) is 28.7 Å². The molecule has 0 fully saturated rings. The first-order valence-electron chi connectivity index (χ1n) is 7.57. The zero-order valence-corrected chi connectivity index (χ0v) is 14.3. The molecule has 0 bridgehead atoms. The SMILES string of the molecule is CCOC(=O)c1sc(NC(=O)C(CC)c2ccccc2)nc1C. The number of esters is 1. The van der Waals surface area contributed by atoms with Crippen LogP contribution in [0.2, 0.25) is 0 Å². The summed E-state index contributed by atoms with van der Waals surface area (Å²) in [7, 11) is 0. The molecule has 23 heavy (non-hydrogen) atoms. The number of nitrogens with zero attached hydrogens (tertiary/aromatic N) is 1. The molecule has 0 saturated heterocycles. The van der Waals surface area contributed by atoms with Crippen molar-refractivity contribution in [1.29, 1.82) is 0 Å². The Morgan fingerprint density at radius 3 is 2.57 bits per heavy atom. The van der Waals surface area contributed by atoms with Gasteiger partial charge in [0.1, 0.15) is 4.88 Å². The van der Waals surface area contributed by atoms with Gasteiger partial charge in [-0.15, -0.1) is 0 Å². The Bertz CT molecular complexity index is 682. The van der Waals surface area contributed by atoms with Gasteiger partial charge >= 0.3 is 5.97 Å². The van der Waals surface area contributed by atoms with Crippen LogP contribution in [0, 0.1) is 6.92 Å². The van der Waals surface area contributed by atoms with Crippen LogP contribution in [0.15, 0.2) is 30.3 Å². The number of amides is 1. The maximum absolute atomic E-state index is 12.5. The predicted octanol–water partition coefficient (Wildman–Crippen LogP) is 3.76. The number of ether oxygens (including phenoxy) is 1. The molecule has 5 nitrogen and oxygen atoms in total. The number of hydrogen-bond donors (Lipinski definition) is 1. The van der Waals surface area contributed by atoms with Crippen molar-refractivity contribution >= 4 is 28.3 Å². The average Bonchev–Trinajstić information content (AvgIpc) is 2.90. The van der Waals surface area contributed by atoms with Gasteiger partial charge in [-0.2, -0.15) is 0 Å². The van der Waals surface area contributed by atoms with Crippen LogP contribution in [-0.2, 0) is 9.53 Å². The van der Waals surface area contributed by atoms with E-state index in [9.17, 15) is 9.59 Å². The van der Waals surface area contributed by atoms with Crippen molar-refractivity contribution in [2.24, 2.45) is 0 Å². The summed E-state index contributed by atoms with van der Waals surface area (Å²) >= 11 is 1.14. The van der Waals surface area contributed by atoms with Crippen molar-refractivity contribution in [1.82, 2.24) is 4.98 Å². The van der Waals surface area contributed by atoms with Gasteiger partial charge in [-0.25, -0.2) is 9.78 Å². The molecule has 0 aliphatic heterocycles. The smallest absolute Gasteiger partial charge is 0.350 e. The minimum atomic E-state index is -0.405. The molecule has 1 amide bonds. The molecule has 2 rings (SSSR count). The molecular weight excluding hydrogens is 312 g/mol. The maximum atomic E-state index is 12.5. The lowest BCUT2D eigenvalue weighted by atomic mass is 9.96. The quantitative estimate of drug-likeness (QED) is 0.818. The second kappa shape index (κ2) is 7.87. The highest BCUT2D eigenvalue weighted by molar-refractivity contribution is 7.17. The molecule has 0 spiro atoms. The van der Waals surface area contributed by atoms with Gasteiger partial charge in [0, 0.05) is 0 Å². The molecule has 0 aliphatic rings. The molecule has 1 atom stereocenters. The Kier molecular flexibility index (Phi) is 5.87. The number of aryl methyl sites for hydroxylation is 1. The van der Waals surface area contributed by atoms with E-state index in [1.54, 1.807) is 13.8 Å². The standard InChI is InChI=1S/C17H20N2O3S/c1-4-13(12-9-7-6-8-10-12)15(20)19-17-18-11(3)14(23-17)16(21)22-5-2/h6-10,13H,4-5H2,1-3H3,(H,18,19,20). The molecule has 1 aromatic carbocycles. The van der Waals surface area contributed by atoms with Crippen molar-refractivity contribution in [3.05, 3.63) is 46.5 Å². The summed E-state index contributed by atoms with van der Waals surface area (Å²) in [5.41, 5.74) is 1.53. The number of aromatic nitrogens is 1. The predicted molar refractivity (Wildman–Crippen MR) is 90.9 cm³/mol. The average molecular weight is 332 g/mol. The van der Waals surface area contributed by atoms with Crippen LogP contribution in [0.3, 0.4) is 0 Å². The largest absolute Gasteiger partial charge is 0.462 e. The summed E-state index contributed by atoms with van der Waals surface area (Å²) in [6, 6.07) is 9.62. The first-order valence-corrected chi connectivity index (χ1v) is 8.38. The van der Waals surface area contributed by atoms with Gasteiger partial charge in [-0.1, -0.05) is 48.6 Å². The van der Waals surface area contributed by atoms with Gasteiger partial charge in [-0.05, 0) is 25.8 Å². The Labute approximate surface area is 139 Å². The number of rotatable bonds is 6. The zero-order chi connectivity index (χ0) is 16.8. The van der Waals surface area contributed by atoms with E-state index in [1.165, 1.54) is 0 Å². The van der Waals surface area contributed by atoms with Crippen molar-refractivity contribution in [3.8, 4) is 0 Å². The Hall–Kier alpha value is -2.21. The number of carbonyl (C=O) groups is 2. The molecule has 1 aromatic heterocycles. The van der Waals surface area contributed by atoms with Crippen LogP contribution in [0.5, 0.6) is 0 Å². The second-order valence-corrected chi connectivity index (χ2v) is 6.01. The van der Waals surface area contributed by atoms with Crippen LogP contribution in [0.25, 0.3) is 0 Å². The lowest BCUT2D eigenvalue weighted by Crippen LogP contribution is -2.20. The third-order valence-corrected chi connectivity index (χ3v) is 4.47. The van der Waals surface area contributed by atoms with Crippen molar-refractivity contribution in [2.45, 2.75) is 33.1 Å². The molecule has 0 saturated carbocycles. The van der Waals surface area contributed by atoms with E-state index < -0.39 is 5.97 Å². The summed E-state index contributed by atoms with van der Waals surface area (Å²) in [4.78, 5) is 29.0. The summed E-state index contributed by atoms with van der Waals surface area (Å²) < 4.78 is 4.98. The molecule has 2 aromatic rings. The Morgan fingerprint density at radius 2 is 1.96 bits per heavy atom. The fourth-order valence-corrected chi connectivity index (χ4v) is 3.15. The maximum Gasteiger partial charge on any atom is 0.350 e. The number of carbonyl (C=O) groups excluding carboxylic acids is 2. The van der Waals surface area contributed by atoms with E-state index in [2.05, 4.69) is 10.3 Å². The van der Waals surface area contributed by atoms with Gasteiger partial charge < -0.3 is 10.1 Å². The van der Waals surface area contributed by atoms with E-state index in [1.807, 2.05) is 37.3 Å². The van der Waals surface area contributed by atoms with E-state index in [4.69, 9.17) is 4.74 Å². The number of anilines is 1. The highest BCUT2D eigenvalue weighted by Crippen LogP contribution is 2.26. The second-order valence-electron chi connectivity index (χ2n) is 5.01.